The molecule has 2 aliphatic rings. The highest BCUT2D eigenvalue weighted by atomic mass is 16.7. The summed E-state index contributed by atoms with van der Waals surface area (Å²) in [6.45, 7) is 1.32. The van der Waals surface area contributed by atoms with Crippen LogP contribution < -0.4 is 4.57 Å². The molecule has 1 aromatic heterocycles. The summed E-state index contributed by atoms with van der Waals surface area (Å²) in [5, 5.41) is 11.8. The Balaban J connectivity index is 1.16. The third kappa shape index (κ3) is 7.45. The van der Waals surface area contributed by atoms with Crippen molar-refractivity contribution in [3.63, 3.8) is 0 Å². The van der Waals surface area contributed by atoms with E-state index in [1.807, 2.05) is 115 Å². The summed E-state index contributed by atoms with van der Waals surface area (Å²) < 4.78 is 29.4. The second kappa shape index (κ2) is 15.3. The molecule has 0 unspecified atom stereocenters. The summed E-state index contributed by atoms with van der Waals surface area (Å²) in [6.07, 6.45) is 1.71. The zero-order valence-electron chi connectivity index (χ0n) is 27.8. The van der Waals surface area contributed by atoms with E-state index in [4.69, 9.17) is 18.9 Å². The molecule has 0 aliphatic carbocycles. The van der Waals surface area contributed by atoms with Crippen molar-refractivity contribution in [2.45, 2.75) is 57.0 Å². The quantitative estimate of drug-likeness (QED) is 0.146. The number of nitrogens with zero attached hydrogens (tertiary/aromatic N) is 3. The SMILES string of the molecule is C[n+]1ccn(Cc2ccc(CO[C@@H]3O[C@H](COCc4ccccc4)[C@@H](O)[C@H](OCc4ccccc4)[C@H]3N3C(=O)c4ccccc4C3=O)cc2)c1. The number of benzene rings is 4. The largest absolute Gasteiger partial charge is 0.388 e. The normalized spacial score (nSPS) is 21.8. The number of aryl methyl sites for hydroxylation is 1. The van der Waals surface area contributed by atoms with Gasteiger partial charge in [0.25, 0.3) is 11.8 Å². The number of aliphatic hydroxyl groups is 1. The van der Waals surface area contributed by atoms with E-state index in [2.05, 4.69) is 4.57 Å². The Hall–Kier alpha value is -4.97. The van der Waals surface area contributed by atoms with Crippen molar-refractivity contribution >= 4 is 11.8 Å². The van der Waals surface area contributed by atoms with Crippen molar-refractivity contribution in [2.75, 3.05) is 6.61 Å². The molecule has 1 fully saturated rings. The smallest absolute Gasteiger partial charge is 0.262 e. The first-order valence-corrected chi connectivity index (χ1v) is 16.7. The van der Waals surface area contributed by atoms with Crippen molar-refractivity contribution in [2.24, 2.45) is 7.05 Å². The molecule has 0 saturated carbocycles. The number of fused-ring (bicyclic) bond motifs is 1. The summed E-state index contributed by atoms with van der Waals surface area (Å²) in [5.74, 6) is -0.982. The fourth-order valence-electron chi connectivity index (χ4n) is 6.48. The van der Waals surface area contributed by atoms with Crippen LogP contribution in [0.1, 0.15) is 43.0 Å². The van der Waals surface area contributed by atoms with Crippen LogP contribution in [0, 0.1) is 0 Å². The molecular weight excluding hydrogens is 634 g/mol. The lowest BCUT2D eigenvalue weighted by Gasteiger charge is -2.46. The van der Waals surface area contributed by atoms with Gasteiger partial charge >= 0.3 is 0 Å². The predicted molar refractivity (Wildman–Crippen MR) is 182 cm³/mol. The second-order valence-corrected chi connectivity index (χ2v) is 12.7. The summed E-state index contributed by atoms with van der Waals surface area (Å²) in [4.78, 5) is 28.9. The maximum Gasteiger partial charge on any atom is 0.262 e. The molecule has 10 heteroatoms. The zero-order chi connectivity index (χ0) is 34.5. The summed E-state index contributed by atoms with van der Waals surface area (Å²) >= 11 is 0. The van der Waals surface area contributed by atoms with Crippen LogP contribution in [0.5, 0.6) is 0 Å². The van der Waals surface area contributed by atoms with E-state index in [0.717, 1.165) is 33.7 Å². The van der Waals surface area contributed by atoms with Crippen LogP contribution in [-0.2, 0) is 52.4 Å². The van der Waals surface area contributed by atoms with Gasteiger partial charge in [-0.1, -0.05) is 97.1 Å². The number of amides is 2. The highest BCUT2D eigenvalue weighted by Crippen LogP contribution is 2.35. The molecular formula is C40H40N3O7+. The molecule has 0 radical (unpaired) electrons. The van der Waals surface area contributed by atoms with Gasteiger partial charge in [0.2, 0.25) is 6.33 Å². The minimum atomic E-state index is -1.25. The number of imidazole rings is 1. The molecule has 2 aliphatic heterocycles. The minimum Gasteiger partial charge on any atom is -0.388 e. The molecule has 1 saturated heterocycles. The molecule has 0 bridgehead atoms. The molecule has 50 heavy (non-hydrogen) atoms. The number of rotatable bonds is 13. The van der Waals surface area contributed by atoms with Gasteiger partial charge in [-0.2, -0.15) is 0 Å². The second-order valence-electron chi connectivity index (χ2n) is 12.7. The first-order valence-electron chi connectivity index (χ1n) is 16.7. The number of carbonyl (C=O) groups is 2. The molecule has 1 N–H and O–H groups in total. The van der Waals surface area contributed by atoms with Gasteiger partial charge in [0.1, 0.15) is 43.3 Å². The van der Waals surface area contributed by atoms with E-state index >= 15 is 0 Å². The Morgan fingerprint density at radius 1 is 0.720 bits per heavy atom. The van der Waals surface area contributed by atoms with E-state index in [9.17, 15) is 14.7 Å². The predicted octanol–water partition coefficient (Wildman–Crippen LogP) is 4.43. The van der Waals surface area contributed by atoms with E-state index < -0.39 is 42.5 Å². The number of imide groups is 1. The number of hydrogen-bond donors (Lipinski definition) is 1. The average molecular weight is 675 g/mol. The number of aromatic nitrogens is 2. The zero-order valence-corrected chi connectivity index (χ0v) is 27.8. The maximum absolute atomic E-state index is 13.9. The fraction of sp³-hybridized carbons (Fsp3) is 0.275. The van der Waals surface area contributed by atoms with Crippen molar-refractivity contribution in [1.82, 2.24) is 9.47 Å². The Labute approximate surface area is 291 Å². The molecule has 7 rings (SSSR count). The van der Waals surface area contributed by atoms with Gasteiger partial charge in [0.15, 0.2) is 6.29 Å². The molecule has 0 spiro atoms. The van der Waals surface area contributed by atoms with Gasteiger partial charge in [-0.05, 0) is 34.4 Å². The highest BCUT2D eigenvalue weighted by molar-refractivity contribution is 6.21. The van der Waals surface area contributed by atoms with Gasteiger partial charge in [0.05, 0.1) is 44.6 Å². The van der Waals surface area contributed by atoms with Crippen LogP contribution in [0.25, 0.3) is 0 Å². The van der Waals surface area contributed by atoms with Crippen molar-refractivity contribution in [1.29, 1.82) is 0 Å². The summed E-state index contributed by atoms with van der Waals surface area (Å²) in [7, 11) is 1.98. The lowest BCUT2D eigenvalue weighted by molar-refractivity contribution is -0.671. The fourth-order valence-corrected chi connectivity index (χ4v) is 6.48. The van der Waals surface area contributed by atoms with Gasteiger partial charge < -0.3 is 24.1 Å². The Morgan fingerprint density at radius 2 is 1.28 bits per heavy atom. The lowest BCUT2D eigenvalue weighted by atomic mass is 9.95. The van der Waals surface area contributed by atoms with E-state index in [1.165, 1.54) is 0 Å². The highest BCUT2D eigenvalue weighted by Gasteiger charge is 2.54. The summed E-state index contributed by atoms with van der Waals surface area (Å²) in [6, 6.07) is 32.9. The molecule has 3 heterocycles. The Kier molecular flexibility index (Phi) is 10.2. The van der Waals surface area contributed by atoms with Crippen LogP contribution in [0.15, 0.2) is 128 Å². The van der Waals surface area contributed by atoms with Crippen LogP contribution in [0.2, 0.25) is 0 Å². The number of carbonyl (C=O) groups excluding carboxylic acids is 2. The molecule has 10 nitrogen and oxygen atoms in total. The number of ether oxygens (including phenoxy) is 4. The van der Waals surface area contributed by atoms with Crippen LogP contribution >= 0.6 is 0 Å². The molecule has 5 atom stereocenters. The van der Waals surface area contributed by atoms with Gasteiger partial charge in [-0.15, -0.1) is 0 Å². The van der Waals surface area contributed by atoms with Crippen LogP contribution in [0.3, 0.4) is 0 Å². The van der Waals surface area contributed by atoms with Crippen LogP contribution in [0.4, 0.5) is 0 Å². The van der Waals surface area contributed by atoms with Gasteiger partial charge in [0, 0.05) is 0 Å². The first kappa shape index (κ1) is 33.5. The van der Waals surface area contributed by atoms with Crippen LogP contribution in [-0.4, -0.2) is 63.6 Å². The molecule has 256 valence electrons. The third-order valence-corrected chi connectivity index (χ3v) is 9.07. The Morgan fingerprint density at radius 3 is 1.90 bits per heavy atom. The average Bonchev–Trinajstić information content (AvgIpc) is 3.67. The molecule has 5 aromatic rings. The van der Waals surface area contributed by atoms with Gasteiger partial charge in [-0.25, -0.2) is 9.13 Å². The van der Waals surface area contributed by atoms with E-state index in [-0.39, 0.29) is 30.9 Å². The lowest BCUT2D eigenvalue weighted by Crippen LogP contribution is -2.66. The van der Waals surface area contributed by atoms with Gasteiger partial charge in [-0.3, -0.25) is 14.5 Å². The summed E-state index contributed by atoms with van der Waals surface area (Å²) in [5.41, 5.74) is 4.41. The van der Waals surface area contributed by atoms with E-state index in [0.29, 0.717) is 6.61 Å². The van der Waals surface area contributed by atoms with Crippen molar-refractivity contribution < 1.29 is 38.2 Å². The number of hydrogen-bond acceptors (Lipinski definition) is 7. The monoisotopic (exact) mass is 674 g/mol. The molecule has 4 aromatic carbocycles. The topological polar surface area (TPSA) is 103 Å². The standard InChI is InChI=1S/C40H40N3O7/c1-41-20-21-42(27-41)22-28-16-18-31(19-17-28)25-49-40-35(43-38(45)32-14-8-9-15-33(32)39(43)46)37(48-24-30-12-6-3-7-13-30)36(44)34(50-40)26-47-23-29-10-4-2-5-11-29/h2-21,27,34-37,40,44H,22-26H2,1H3/q+1/t34-,35-,36-,37-,40-/m1/s1. The van der Waals surface area contributed by atoms with E-state index in [1.54, 1.807) is 24.3 Å². The Bertz CT molecular complexity index is 1860. The van der Waals surface area contributed by atoms with Crippen molar-refractivity contribution in [3.05, 3.63) is 161 Å². The first-order chi connectivity index (χ1) is 24.4. The third-order valence-electron chi connectivity index (χ3n) is 9.07. The molecule has 2 amide bonds. The van der Waals surface area contributed by atoms with Crippen molar-refractivity contribution in [3.8, 4) is 0 Å². The number of aliphatic hydroxyl groups excluding tert-OH is 1. The minimum absolute atomic E-state index is 0.0296. The maximum atomic E-state index is 13.9.